The Balaban J connectivity index is 2.42. The zero-order valence-corrected chi connectivity index (χ0v) is 10.5. The van der Waals surface area contributed by atoms with Crippen molar-refractivity contribution < 1.29 is 4.74 Å². The summed E-state index contributed by atoms with van der Waals surface area (Å²) in [5.74, 6) is 0. The van der Waals surface area contributed by atoms with Crippen molar-refractivity contribution in [2.75, 3.05) is 36.9 Å². The SMILES string of the molecule is Cc1c(Cl)cc(N)c(N2CCOCC2)c1C. The van der Waals surface area contributed by atoms with Crippen molar-refractivity contribution in [2.24, 2.45) is 0 Å². The van der Waals surface area contributed by atoms with Crippen LogP contribution in [0.5, 0.6) is 0 Å². The molecule has 0 bridgehead atoms. The first-order valence-electron chi connectivity index (χ1n) is 5.49. The summed E-state index contributed by atoms with van der Waals surface area (Å²) in [4.78, 5) is 2.28. The summed E-state index contributed by atoms with van der Waals surface area (Å²) in [6.45, 7) is 7.42. The number of benzene rings is 1. The zero-order chi connectivity index (χ0) is 11.7. The van der Waals surface area contributed by atoms with Gasteiger partial charge in [-0.25, -0.2) is 0 Å². The molecule has 0 aromatic heterocycles. The Morgan fingerprint density at radius 1 is 1.25 bits per heavy atom. The Morgan fingerprint density at radius 2 is 1.88 bits per heavy atom. The predicted octanol–water partition coefficient (Wildman–Crippen LogP) is 2.38. The molecule has 0 radical (unpaired) electrons. The molecule has 3 nitrogen and oxygen atoms in total. The lowest BCUT2D eigenvalue weighted by Crippen LogP contribution is -2.37. The third kappa shape index (κ3) is 1.97. The molecule has 1 fully saturated rings. The maximum absolute atomic E-state index is 6.11. The van der Waals surface area contributed by atoms with Crippen LogP contribution in [0.25, 0.3) is 0 Å². The molecule has 1 aliphatic heterocycles. The average Bonchev–Trinajstić information content (AvgIpc) is 2.28. The lowest BCUT2D eigenvalue weighted by molar-refractivity contribution is 0.122. The summed E-state index contributed by atoms with van der Waals surface area (Å²) in [5.41, 5.74) is 10.2. The number of hydrogen-bond acceptors (Lipinski definition) is 3. The molecule has 0 saturated carbocycles. The second kappa shape index (κ2) is 4.52. The first-order valence-corrected chi connectivity index (χ1v) is 5.87. The Kier molecular flexibility index (Phi) is 3.26. The smallest absolute Gasteiger partial charge is 0.0642 e. The topological polar surface area (TPSA) is 38.5 Å². The van der Waals surface area contributed by atoms with E-state index in [0.717, 1.165) is 48.3 Å². The van der Waals surface area contributed by atoms with Gasteiger partial charge in [-0.3, -0.25) is 0 Å². The van der Waals surface area contributed by atoms with Crippen LogP contribution in [0.1, 0.15) is 11.1 Å². The van der Waals surface area contributed by atoms with Crippen molar-refractivity contribution in [3.05, 3.63) is 22.2 Å². The van der Waals surface area contributed by atoms with Crippen LogP contribution in [-0.4, -0.2) is 26.3 Å². The number of halogens is 1. The molecule has 1 heterocycles. The van der Waals surface area contributed by atoms with E-state index >= 15 is 0 Å². The molecule has 1 saturated heterocycles. The fraction of sp³-hybridized carbons (Fsp3) is 0.500. The maximum atomic E-state index is 6.11. The number of nitrogens with zero attached hydrogens (tertiary/aromatic N) is 1. The molecule has 2 rings (SSSR count). The van der Waals surface area contributed by atoms with Crippen LogP contribution >= 0.6 is 11.6 Å². The van der Waals surface area contributed by atoms with Crippen LogP contribution in [0.15, 0.2) is 6.07 Å². The van der Waals surface area contributed by atoms with Crippen molar-refractivity contribution >= 4 is 23.0 Å². The molecule has 88 valence electrons. The summed E-state index contributed by atoms with van der Waals surface area (Å²) in [6, 6.07) is 1.84. The van der Waals surface area contributed by atoms with Gasteiger partial charge in [0.15, 0.2) is 0 Å². The van der Waals surface area contributed by atoms with Gasteiger partial charge in [0.05, 0.1) is 24.6 Å². The number of morpholine rings is 1. The Hall–Kier alpha value is -0.930. The second-order valence-corrected chi connectivity index (χ2v) is 4.55. The van der Waals surface area contributed by atoms with Crippen LogP contribution in [0, 0.1) is 13.8 Å². The van der Waals surface area contributed by atoms with Crippen molar-refractivity contribution in [2.45, 2.75) is 13.8 Å². The first-order chi connectivity index (χ1) is 7.61. The van der Waals surface area contributed by atoms with Crippen LogP contribution in [0.4, 0.5) is 11.4 Å². The minimum absolute atomic E-state index is 0.743. The summed E-state index contributed by atoms with van der Waals surface area (Å²) in [7, 11) is 0. The summed E-state index contributed by atoms with van der Waals surface area (Å²) in [6.07, 6.45) is 0. The van der Waals surface area contributed by atoms with Gasteiger partial charge in [0, 0.05) is 18.1 Å². The highest BCUT2D eigenvalue weighted by Gasteiger charge is 2.18. The molecule has 1 aromatic rings. The molecule has 0 amide bonds. The van der Waals surface area contributed by atoms with Crippen LogP contribution < -0.4 is 10.6 Å². The summed E-state index contributed by atoms with van der Waals surface area (Å²) in [5, 5.41) is 0.743. The van der Waals surface area contributed by atoms with E-state index in [1.165, 1.54) is 5.56 Å². The van der Waals surface area contributed by atoms with Gasteiger partial charge < -0.3 is 15.4 Å². The third-order valence-electron chi connectivity index (χ3n) is 3.16. The van der Waals surface area contributed by atoms with Crippen LogP contribution in [0.2, 0.25) is 5.02 Å². The van der Waals surface area contributed by atoms with Gasteiger partial charge in [-0.15, -0.1) is 0 Å². The quantitative estimate of drug-likeness (QED) is 0.766. The fourth-order valence-corrected chi connectivity index (χ4v) is 2.35. The summed E-state index contributed by atoms with van der Waals surface area (Å²) < 4.78 is 5.35. The monoisotopic (exact) mass is 240 g/mol. The van der Waals surface area contributed by atoms with E-state index in [2.05, 4.69) is 11.8 Å². The maximum Gasteiger partial charge on any atom is 0.0642 e. The van der Waals surface area contributed by atoms with Gasteiger partial charge in [0.1, 0.15) is 0 Å². The van der Waals surface area contributed by atoms with E-state index < -0.39 is 0 Å². The molecule has 0 aliphatic carbocycles. The van der Waals surface area contributed by atoms with E-state index in [-0.39, 0.29) is 0 Å². The minimum atomic E-state index is 0.743. The molecule has 2 N–H and O–H groups in total. The number of rotatable bonds is 1. The van der Waals surface area contributed by atoms with Gasteiger partial charge in [0.2, 0.25) is 0 Å². The molecule has 1 aromatic carbocycles. The van der Waals surface area contributed by atoms with Crippen molar-refractivity contribution in [1.29, 1.82) is 0 Å². The molecule has 1 aliphatic rings. The van der Waals surface area contributed by atoms with E-state index in [9.17, 15) is 0 Å². The average molecular weight is 241 g/mol. The van der Waals surface area contributed by atoms with Gasteiger partial charge >= 0.3 is 0 Å². The van der Waals surface area contributed by atoms with Gasteiger partial charge in [0.25, 0.3) is 0 Å². The standard InChI is InChI=1S/C12H17ClN2O/c1-8-9(2)12(11(14)7-10(8)13)15-3-5-16-6-4-15/h7H,3-6,14H2,1-2H3. The normalized spacial score (nSPS) is 16.6. The number of anilines is 2. The highest BCUT2D eigenvalue weighted by molar-refractivity contribution is 6.32. The predicted molar refractivity (Wildman–Crippen MR) is 68.4 cm³/mol. The van der Waals surface area contributed by atoms with Crippen LogP contribution in [0.3, 0.4) is 0 Å². The number of hydrogen-bond donors (Lipinski definition) is 1. The Labute approximate surface area is 101 Å². The molecule has 0 unspecified atom stereocenters. The second-order valence-electron chi connectivity index (χ2n) is 4.15. The van der Waals surface area contributed by atoms with Crippen molar-refractivity contribution in [3.8, 4) is 0 Å². The molecule has 0 spiro atoms. The Morgan fingerprint density at radius 3 is 2.50 bits per heavy atom. The van der Waals surface area contributed by atoms with E-state index in [1.807, 2.05) is 13.0 Å². The van der Waals surface area contributed by atoms with Crippen LogP contribution in [-0.2, 0) is 4.74 Å². The highest BCUT2D eigenvalue weighted by atomic mass is 35.5. The highest BCUT2D eigenvalue weighted by Crippen LogP contribution is 2.34. The molecular weight excluding hydrogens is 224 g/mol. The van der Waals surface area contributed by atoms with Gasteiger partial charge in [-0.1, -0.05) is 11.6 Å². The molecule has 4 heteroatoms. The van der Waals surface area contributed by atoms with Gasteiger partial charge in [-0.05, 0) is 31.0 Å². The van der Waals surface area contributed by atoms with Gasteiger partial charge in [-0.2, -0.15) is 0 Å². The summed E-state index contributed by atoms with van der Waals surface area (Å²) >= 11 is 6.11. The molecule has 16 heavy (non-hydrogen) atoms. The molecule has 0 atom stereocenters. The number of nitrogens with two attached hydrogens (primary N) is 1. The third-order valence-corrected chi connectivity index (χ3v) is 3.55. The Bertz CT molecular complexity index is 400. The lowest BCUT2D eigenvalue weighted by Gasteiger charge is -2.32. The number of ether oxygens (including phenoxy) is 1. The lowest BCUT2D eigenvalue weighted by atomic mass is 10.0. The van der Waals surface area contributed by atoms with E-state index in [1.54, 1.807) is 0 Å². The number of nitrogen functional groups attached to an aromatic ring is 1. The van der Waals surface area contributed by atoms with Crippen molar-refractivity contribution in [3.63, 3.8) is 0 Å². The zero-order valence-electron chi connectivity index (χ0n) is 9.72. The van der Waals surface area contributed by atoms with E-state index in [4.69, 9.17) is 22.1 Å². The van der Waals surface area contributed by atoms with Crippen molar-refractivity contribution in [1.82, 2.24) is 0 Å². The minimum Gasteiger partial charge on any atom is -0.397 e. The largest absolute Gasteiger partial charge is 0.397 e. The van der Waals surface area contributed by atoms with E-state index in [0.29, 0.717) is 0 Å². The first kappa shape index (κ1) is 11.6. The fourth-order valence-electron chi connectivity index (χ4n) is 2.09. The molecular formula is C12H17ClN2O.